The fraction of sp³-hybridized carbons (Fsp3) is 0.471. The number of nitrogens with one attached hydrogen (secondary N) is 2. The van der Waals surface area contributed by atoms with Crippen molar-refractivity contribution in [1.82, 2.24) is 10.6 Å². The van der Waals surface area contributed by atoms with Crippen LogP contribution in [-0.2, 0) is 20.8 Å². The molecule has 1 aromatic rings. The van der Waals surface area contributed by atoms with Crippen molar-refractivity contribution in [3.8, 4) is 0 Å². The van der Waals surface area contributed by atoms with Gasteiger partial charge in [-0.25, -0.2) is 4.79 Å². The summed E-state index contributed by atoms with van der Waals surface area (Å²) in [5.41, 5.74) is 6.59. The predicted molar refractivity (Wildman–Crippen MR) is 91.5 cm³/mol. The van der Waals surface area contributed by atoms with E-state index in [1.54, 1.807) is 38.1 Å². The Morgan fingerprint density at radius 1 is 1.04 bits per heavy atom. The lowest BCUT2D eigenvalue weighted by Crippen LogP contribution is -2.56. The molecule has 0 aliphatic rings. The third-order valence-electron chi connectivity index (χ3n) is 3.73. The summed E-state index contributed by atoms with van der Waals surface area (Å²) < 4.78 is 0. The zero-order valence-corrected chi connectivity index (χ0v) is 14.3. The quantitative estimate of drug-likeness (QED) is 0.397. The smallest absolute Gasteiger partial charge is 0.328 e. The maximum atomic E-state index is 12.4. The SMILES string of the molecule is CC(C)C(N)C(=O)NC(Cc1ccccc1)C(=O)NC(CO)C(=O)O. The summed E-state index contributed by atoms with van der Waals surface area (Å²) in [6.07, 6.45) is 0.168. The van der Waals surface area contributed by atoms with Crippen LogP contribution in [0.4, 0.5) is 0 Å². The number of aliphatic carboxylic acids is 1. The molecule has 0 bridgehead atoms. The number of nitrogens with two attached hydrogens (primary N) is 1. The van der Waals surface area contributed by atoms with Crippen LogP contribution in [0.1, 0.15) is 19.4 Å². The Hall–Kier alpha value is -2.45. The minimum absolute atomic E-state index is 0.121. The molecule has 1 rings (SSSR count). The van der Waals surface area contributed by atoms with Crippen LogP contribution in [0.15, 0.2) is 30.3 Å². The van der Waals surface area contributed by atoms with E-state index in [1.165, 1.54) is 0 Å². The molecule has 1 aromatic carbocycles. The Bertz CT molecular complexity index is 591. The van der Waals surface area contributed by atoms with Gasteiger partial charge in [0.05, 0.1) is 12.6 Å². The maximum absolute atomic E-state index is 12.4. The molecule has 0 heterocycles. The summed E-state index contributed by atoms with van der Waals surface area (Å²) in [4.78, 5) is 35.6. The summed E-state index contributed by atoms with van der Waals surface area (Å²) in [5.74, 6) is -2.68. The number of amides is 2. The third-order valence-corrected chi connectivity index (χ3v) is 3.73. The van der Waals surface area contributed by atoms with E-state index in [9.17, 15) is 14.4 Å². The van der Waals surface area contributed by atoms with E-state index in [4.69, 9.17) is 15.9 Å². The third kappa shape index (κ3) is 6.52. The molecule has 0 spiro atoms. The van der Waals surface area contributed by atoms with Gasteiger partial charge in [0.2, 0.25) is 11.8 Å². The highest BCUT2D eigenvalue weighted by Gasteiger charge is 2.28. The molecule has 0 radical (unpaired) electrons. The maximum Gasteiger partial charge on any atom is 0.328 e. The Balaban J connectivity index is 2.91. The van der Waals surface area contributed by atoms with Crippen LogP contribution in [0, 0.1) is 5.92 Å². The normalized spacial score (nSPS) is 14.4. The van der Waals surface area contributed by atoms with E-state index >= 15 is 0 Å². The number of aliphatic hydroxyl groups is 1. The van der Waals surface area contributed by atoms with Crippen LogP contribution in [0.3, 0.4) is 0 Å². The molecule has 25 heavy (non-hydrogen) atoms. The summed E-state index contributed by atoms with van der Waals surface area (Å²) in [6, 6.07) is 5.73. The van der Waals surface area contributed by atoms with Crippen LogP contribution in [0.5, 0.6) is 0 Å². The van der Waals surface area contributed by atoms with Gasteiger partial charge in [0, 0.05) is 6.42 Å². The first-order valence-corrected chi connectivity index (χ1v) is 8.00. The average molecular weight is 351 g/mol. The van der Waals surface area contributed by atoms with Crippen molar-refractivity contribution in [3.63, 3.8) is 0 Å². The van der Waals surface area contributed by atoms with Gasteiger partial charge in [-0.15, -0.1) is 0 Å². The van der Waals surface area contributed by atoms with Crippen molar-refractivity contribution < 1.29 is 24.6 Å². The van der Waals surface area contributed by atoms with Gasteiger partial charge in [-0.3, -0.25) is 9.59 Å². The largest absolute Gasteiger partial charge is 0.480 e. The standard InChI is InChI=1S/C17H25N3O5/c1-10(2)14(18)16(23)19-12(8-11-6-4-3-5-7-11)15(22)20-13(9-21)17(24)25/h3-7,10,12-14,21H,8-9,18H2,1-2H3,(H,19,23)(H,20,22)(H,24,25). The lowest BCUT2D eigenvalue weighted by Gasteiger charge is -2.23. The topological polar surface area (TPSA) is 142 Å². The minimum atomic E-state index is -1.44. The molecule has 0 fully saturated rings. The van der Waals surface area contributed by atoms with E-state index in [0.717, 1.165) is 5.56 Å². The molecule has 0 saturated heterocycles. The van der Waals surface area contributed by atoms with Gasteiger partial charge in [0.1, 0.15) is 12.1 Å². The van der Waals surface area contributed by atoms with Gasteiger partial charge in [0.25, 0.3) is 0 Å². The highest BCUT2D eigenvalue weighted by atomic mass is 16.4. The number of carbonyl (C=O) groups is 3. The summed E-state index contributed by atoms with van der Waals surface area (Å²) in [7, 11) is 0. The number of carbonyl (C=O) groups excluding carboxylic acids is 2. The number of carboxylic acids is 1. The van der Waals surface area contributed by atoms with Gasteiger partial charge in [-0.05, 0) is 11.5 Å². The number of aliphatic hydroxyl groups excluding tert-OH is 1. The van der Waals surface area contributed by atoms with Gasteiger partial charge in [-0.1, -0.05) is 44.2 Å². The number of hydrogen-bond acceptors (Lipinski definition) is 5. The molecule has 0 aromatic heterocycles. The van der Waals surface area contributed by atoms with Gasteiger partial charge in [0.15, 0.2) is 0 Å². The monoisotopic (exact) mass is 351 g/mol. The fourth-order valence-electron chi connectivity index (χ4n) is 2.09. The van der Waals surface area contributed by atoms with E-state index in [0.29, 0.717) is 0 Å². The second-order valence-electron chi connectivity index (χ2n) is 6.10. The van der Waals surface area contributed by atoms with Crippen molar-refractivity contribution in [3.05, 3.63) is 35.9 Å². The molecule has 3 atom stereocenters. The number of benzene rings is 1. The summed E-state index contributed by atoms with van der Waals surface area (Å²) in [5, 5.41) is 22.8. The predicted octanol–water partition coefficient (Wildman–Crippen LogP) is -0.741. The Labute approximate surface area is 146 Å². The van der Waals surface area contributed by atoms with Crippen molar-refractivity contribution >= 4 is 17.8 Å². The van der Waals surface area contributed by atoms with E-state index in [2.05, 4.69) is 10.6 Å². The highest BCUT2D eigenvalue weighted by Crippen LogP contribution is 2.06. The molecule has 0 aliphatic heterocycles. The highest BCUT2D eigenvalue weighted by molar-refractivity contribution is 5.92. The lowest BCUT2D eigenvalue weighted by atomic mass is 10.0. The summed E-state index contributed by atoms with van der Waals surface area (Å²) >= 11 is 0. The lowest BCUT2D eigenvalue weighted by molar-refractivity contribution is -0.143. The zero-order chi connectivity index (χ0) is 19.0. The molecule has 8 nitrogen and oxygen atoms in total. The van der Waals surface area contributed by atoms with E-state index < -0.39 is 42.5 Å². The van der Waals surface area contributed by atoms with Crippen molar-refractivity contribution in [2.45, 2.75) is 38.4 Å². The Morgan fingerprint density at radius 2 is 1.60 bits per heavy atom. The molecule has 0 saturated carbocycles. The van der Waals surface area contributed by atoms with Crippen LogP contribution < -0.4 is 16.4 Å². The summed E-state index contributed by atoms with van der Waals surface area (Å²) in [6.45, 7) is 2.81. The number of carboxylic acid groups (broad SMARTS) is 1. The molecule has 3 unspecified atom stereocenters. The molecule has 2 amide bonds. The first-order valence-electron chi connectivity index (χ1n) is 8.00. The second kappa shape index (κ2) is 9.75. The second-order valence-corrected chi connectivity index (χ2v) is 6.10. The molecule has 0 aliphatic carbocycles. The Kier molecular flexibility index (Phi) is 8.03. The first kappa shape index (κ1) is 20.6. The van der Waals surface area contributed by atoms with E-state index in [-0.39, 0.29) is 12.3 Å². The molecular weight excluding hydrogens is 326 g/mol. The van der Waals surface area contributed by atoms with Crippen LogP contribution >= 0.6 is 0 Å². The molecule has 8 heteroatoms. The zero-order valence-electron chi connectivity index (χ0n) is 14.3. The number of rotatable bonds is 9. The van der Waals surface area contributed by atoms with Gasteiger partial charge in [-0.2, -0.15) is 0 Å². The molecule has 138 valence electrons. The average Bonchev–Trinajstić information content (AvgIpc) is 2.58. The minimum Gasteiger partial charge on any atom is -0.480 e. The molecule has 6 N–H and O–H groups in total. The van der Waals surface area contributed by atoms with Crippen LogP contribution in [-0.4, -0.2) is 52.7 Å². The Morgan fingerprint density at radius 3 is 2.08 bits per heavy atom. The van der Waals surface area contributed by atoms with Crippen molar-refractivity contribution in [2.24, 2.45) is 11.7 Å². The van der Waals surface area contributed by atoms with Crippen molar-refractivity contribution in [1.29, 1.82) is 0 Å². The number of hydrogen-bond donors (Lipinski definition) is 5. The van der Waals surface area contributed by atoms with Gasteiger partial charge < -0.3 is 26.6 Å². The van der Waals surface area contributed by atoms with Crippen molar-refractivity contribution in [2.75, 3.05) is 6.61 Å². The van der Waals surface area contributed by atoms with Crippen LogP contribution in [0.25, 0.3) is 0 Å². The first-order chi connectivity index (χ1) is 11.8. The van der Waals surface area contributed by atoms with Crippen LogP contribution in [0.2, 0.25) is 0 Å². The fourth-order valence-corrected chi connectivity index (χ4v) is 2.09. The molecular formula is C17H25N3O5. The van der Waals surface area contributed by atoms with Gasteiger partial charge >= 0.3 is 5.97 Å². The van der Waals surface area contributed by atoms with E-state index in [1.807, 2.05) is 6.07 Å².